The van der Waals surface area contributed by atoms with E-state index in [4.69, 9.17) is 9.84 Å². The number of benzene rings is 2. The zero-order valence-electron chi connectivity index (χ0n) is 17.6. The summed E-state index contributed by atoms with van der Waals surface area (Å²) in [5.41, 5.74) is -3.46. The molecular formula is C22H18F3N3O6. The Hall–Kier alpha value is -4.35. The second kappa shape index (κ2) is 9.65. The summed E-state index contributed by atoms with van der Waals surface area (Å²) >= 11 is 0. The van der Waals surface area contributed by atoms with Gasteiger partial charge in [-0.1, -0.05) is 30.3 Å². The van der Waals surface area contributed by atoms with Crippen molar-refractivity contribution >= 4 is 11.9 Å². The number of nitrogens with zero attached hydrogens (tertiary/aromatic N) is 2. The standard InChI is InChI=1S/C22H18F3N3O6/c1-34-14-7-4-6-12(9-14)18-19(31)17(20(32)26-10-16(29)30)21(33)28(27-18)11-13-5-2-3-8-15(13)22(23,24)25/h2-9,31H,10-11H2,1H3,(H,26,32)(H,29,30). The van der Waals surface area contributed by atoms with Crippen LogP contribution >= 0.6 is 0 Å². The Kier molecular flexibility index (Phi) is 6.89. The van der Waals surface area contributed by atoms with Gasteiger partial charge in [-0.3, -0.25) is 14.4 Å². The molecule has 0 saturated carbocycles. The van der Waals surface area contributed by atoms with Gasteiger partial charge in [0.2, 0.25) is 0 Å². The summed E-state index contributed by atoms with van der Waals surface area (Å²) in [7, 11) is 1.38. The van der Waals surface area contributed by atoms with Crippen molar-refractivity contribution in [2.24, 2.45) is 0 Å². The Balaban J connectivity index is 2.22. The van der Waals surface area contributed by atoms with Crippen molar-refractivity contribution in [2.45, 2.75) is 12.7 Å². The first-order valence-electron chi connectivity index (χ1n) is 9.66. The maximum Gasteiger partial charge on any atom is 0.416 e. The highest BCUT2D eigenvalue weighted by atomic mass is 19.4. The topological polar surface area (TPSA) is 131 Å². The first kappa shape index (κ1) is 24.3. The van der Waals surface area contributed by atoms with Crippen LogP contribution in [0.25, 0.3) is 11.3 Å². The van der Waals surface area contributed by atoms with Crippen LogP contribution in [-0.2, 0) is 17.5 Å². The van der Waals surface area contributed by atoms with Gasteiger partial charge < -0.3 is 20.3 Å². The molecule has 0 aliphatic rings. The van der Waals surface area contributed by atoms with E-state index in [-0.39, 0.29) is 16.8 Å². The number of carboxylic acids is 1. The first-order chi connectivity index (χ1) is 16.0. The molecule has 0 radical (unpaired) electrons. The highest BCUT2D eigenvalue weighted by molar-refractivity contribution is 5.99. The van der Waals surface area contributed by atoms with E-state index in [9.17, 15) is 32.7 Å². The van der Waals surface area contributed by atoms with E-state index in [1.807, 2.05) is 5.32 Å². The quantitative estimate of drug-likeness (QED) is 0.477. The highest BCUT2D eigenvalue weighted by Crippen LogP contribution is 2.33. The van der Waals surface area contributed by atoms with Crippen LogP contribution in [-0.4, -0.2) is 45.5 Å². The molecule has 3 rings (SSSR count). The molecular weight excluding hydrogens is 459 g/mol. The van der Waals surface area contributed by atoms with Gasteiger partial charge in [-0.25, -0.2) is 4.68 Å². The largest absolute Gasteiger partial charge is 0.505 e. The molecule has 1 amide bonds. The Morgan fingerprint density at radius 2 is 1.85 bits per heavy atom. The van der Waals surface area contributed by atoms with E-state index >= 15 is 0 Å². The summed E-state index contributed by atoms with van der Waals surface area (Å²) in [5, 5.41) is 25.5. The Labute approximate surface area is 190 Å². The van der Waals surface area contributed by atoms with Gasteiger partial charge in [-0.15, -0.1) is 0 Å². The highest BCUT2D eigenvalue weighted by Gasteiger charge is 2.33. The predicted molar refractivity (Wildman–Crippen MR) is 113 cm³/mol. The molecule has 34 heavy (non-hydrogen) atoms. The summed E-state index contributed by atoms with van der Waals surface area (Å²) in [6.07, 6.45) is -4.71. The predicted octanol–water partition coefficient (Wildman–Crippen LogP) is 2.51. The number of halogens is 3. The molecule has 0 aliphatic carbocycles. The number of ether oxygens (including phenoxy) is 1. The number of carbonyl (C=O) groups excluding carboxylic acids is 1. The summed E-state index contributed by atoms with van der Waals surface area (Å²) in [5.74, 6) is -3.15. The SMILES string of the molecule is COc1cccc(-c2nn(Cc3ccccc3C(F)(F)F)c(=O)c(C(=O)NCC(=O)O)c2O)c1. The van der Waals surface area contributed by atoms with Gasteiger partial charge in [0.15, 0.2) is 11.3 Å². The minimum absolute atomic E-state index is 0.196. The van der Waals surface area contributed by atoms with Gasteiger partial charge in [0.05, 0.1) is 19.2 Å². The summed E-state index contributed by atoms with van der Waals surface area (Å²) in [4.78, 5) is 36.3. The van der Waals surface area contributed by atoms with E-state index in [1.54, 1.807) is 6.07 Å². The normalized spacial score (nSPS) is 11.2. The molecule has 178 valence electrons. The van der Waals surface area contributed by atoms with Gasteiger partial charge in [-0.2, -0.15) is 18.3 Å². The van der Waals surface area contributed by atoms with Crippen LogP contribution in [0.5, 0.6) is 11.5 Å². The van der Waals surface area contributed by atoms with Crippen LogP contribution < -0.4 is 15.6 Å². The van der Waals surface area contributed by atoms with Crippen LogP contribution in [0.1, 0.15) is 21.5 Å². The number of alkyl halides is 3. The fourth-order valence-electron chi connectivity index (χ4n) is 3.18. The van der Waals surface area contributed by atoms with Crippen molar-refractivity contribution in [3.05, 3.63) is 75.6 Å². The monoisotopic (exact) mass is 477 g/mol. The molecule has 0 aliphatic heterocycles. The lowest BCUT2D eigenvalue weighted by Gasteiger charge is -2.16. The van der Waals surface area contributed by atoms with Crippen molar-refractivity contribution in [3.8, 4) is 22.8 Å². The van der Waals surface area contributed by atoms with Crippen molar-refractivity contribution in [2.75, 3.05) is 13.7 Å². The Morgan fingerprint density at radius 1 is 1.15 bits per heavy atom. The number of methoxy groups -OCH3 is 1. The summed E-state index contributed by atoms with van der Waals surface area (Å²) < 4.78 is 46.1. The van der Waals surface area contributed by atoms with Crippen LogP contribution in [0.4, 0.5) is 13.2 Å². The lowest BCUT2D eigenvalue weighted by molar-refractivity contribution is -0.138. The van der Waals surface area contributed by atoms with E-state index in [0.717, 1.165) is 12.1 Å². The number of carbonyl (C=O) groups is 2. The first-order valence-corrected chi connectivity index (χ1v) is 9.66. The number of aliphatic carboxylic acids is 1. The fourth-order valence-corrected chi connectivity index (χ4v) is 3.18. The minimum Gasteiger partial charge on any atom is -0.505 e. The number of rotatable bonds is 7. The number of carboxylic acid groups (broad SMARTS) is 1. The summed E-state index contributed by atoms with van der Waals surface area (Å²) in [6, 6.07) is 10.5. The van der Waals surface area contributed by atoms with Crippen LogP contribution in [0.2, 0.25) is 0 Å². The van der Waals surface area contributed by atoms with E-state index in [0.29, 0.717) is 10.4 Å². The number of hydrogen-bond acceptors (Lipinski definition) is 6. The van der Waals surface area contributed by atoms with Crippen molar-refractivity contribution in [1.82, 2.24) is 15.1 Å². The van der Waals surface area contributed by atoms with Gasteiger partial charge in [0.1, 0.15) is 18.0 Å². The fraction of sp³-hybridized carbons (Fsp3) is 0.182. The van der Waals surface area contributed by atoms with E-state index in [1.165, 1.54) is 37.4 Å². The third kappa shape index (κ3) is 5.17. The Bertz CT molecular complexity index is 1300. The van der Waals surface area contributed by atoms with Crippen LogP contribution in [0, 0.1) is 0 Å². The second-order valence-corrected chi connectivity index (χ2v) is 7.00. The number of aromatic hydroxyl groups is 1. The maximum atomic E-state index is 13.4. The Morgan fingerprint density at radius 3 is 2.50 bits per heavy atom. The molecule has 12 heteroatoms. The van der Waals surface area contributed by atoms with E-state index < -0.39 is 53.6 Å². The molecule has 0 bridgehead atoms. The number of amides is 1. The number of nitrogens with one attached hydrogen (secondary N) is 1. The lowest BCUT2D eigenvalue weighted by Crippen LogP contribution is -2.37. The molecule has 3 aromatic rings. The molecule has 1 aromatic heterocycles. The van der Waals surface area contributed by atoms with E-state index in [2.05, 4.69) is 5.10 Å². The molecule has 2 aromatic carbocycles. The zero-order valence-corrected chi connectivity index (χ0v) is 17.6. The van der Waals surface area contributed by atoms with Gasteiger partial charge >= 0.3 is 12.1 Å². The molecule has 3 N–H and O–H groups in total. The molecule has 0 unspecified atom stereocenters. The molecule has 0 saturated heterocycles. The molecule has 1 heterocycles. The molecule has 0 spiro atoms. The van der Waals surface area contributed by atoms with Crippen molar-refractivity contribution in [3.63, 3.8) is 0 Å². The van der Waals surface area contributed by atoms with Gasteiger partial charge in [0, 0.05) is 5.56 Å². The molecule has 0 fully saturated rings. The smallest absolute Gasteiger partial charge is 0.416 e. The number of hydrogen-bond donors (Lipinski definition) is 3. The van der Waals surface area contributed by atoms with Crippen LogP contribution in [0.15, 0.2) is 53.3 Å². The maximum absolute atomic E-state index is 13.4. The second-order valence-electron chi connectivity index (χ2n) is 7.00. The minimum atomic E-state index is -4.71. The van der Waals surface area contributed by atoms with Gasteiger partial charge in [0.25, 0.3) is 11.5 Å². The third-order valence-electron chi connectivity index (χ3n) is 4.74. The van der Waals surface area contributed by atoms with Crippen LogP contribution in [0.3, 0.4) is 0 Å². The zero-order chi connectivity index (χ0) is 25.0. The van der Waals surface area contributed by atoms with Crippen molar-refractivity contribution in [1.29, 1.82) is 0 Å². The number of aromatic nitrogens is 2. The molecule has 0 atom stereocenters. The van der Waals surface area contributed by atoms with Gasteiger partial charge in [-0.05, 0) is 23.8 Å². The third-order valence-corrected chi connectivity index (χ3v) is 4.74. The van der Waals surface area contributed by atoms with Crippen molar-refractivity contribution < 1.29 is 37.7 Å². The summed E-state index contributed by atoms with van der Waals surface area (Å²) in [6.45, 7) is -1.53. The lowest BCUT2D eigenvalue weighted by atomic mass is 10.1. The average Bonchev–Trinajstić information content (AvgIpc) is 2.79. The average molecular weight is 477 g/mol. The molecule has 9 nitrogen and oxygen atoms in total.